The lowest BCUT2D eigenvalue weighted by atomic mass is 9.64. The SMILES string of the molecule is C=CCN[C@H]1Cc2ccc(OC)c3c2C2C1CCC(F)(F)[C@H]2O3. The number of hydrogen-bond acceptors (Lipinski definition) is 3. The third kappa shape index (κ3) is 2.09. The molecule has 124 valence electrons. The van der Waals surface area contributed by atoms with Crippen LogP contribution in [0.25, 0.3) is 0 Å². The first-order valence-corrected chi connectivity index (χ1v) is 8.15. The second-order valence-corrected chi connectivity index (χ2v) is 6.71. The summed E-state index contributed by atoms with van der Waals surface area (Å²) in [6.07, 6.45) is 1.98. The van der Waals surface area contributed by atoms with E-state index in [1.165, 1.54) is 0 Å². The van der Waals surface area contributed by atoms with Crippen LogP contribution in [0.1, 0.15) is 29.9 Å². The fourth-order valence-electron chi connectivity index (χ4n) is 4.56. The van der Waals surface area contributed by atoms with E-state index in [1.54, 1.807) is 7.11 Å². The summed E-state index contributed by atoms with van der Waals surface area (Å²) in [7, 11) is 1.55. The molecule has 2 aliphatic carbocycles. The van der Waals surface area contributed by atoms with Gasteiger partial charge >= 0.3 is 0 Å². The number of hydrogen-bond donors (Lipinski definition) is 1. The van der Waals surface area contributed by atoms with Crippen LogP contribution in [0, 0.1) is 5.92 Å². The molecule has 23 heavy (non-hydrogen) atoms. The van der Waals surface area contributed by atoms with Crippen molar-refractivity contribution in [1.29, 1.82) is 0 Å². The number of nitrogens with one attached hydrogen (secondary N) is 1. The highest BCUT2D eigenvalue weighted by Crippen LogP contribution is 2.59. The van der Waals surface area contributed by atoms with Crippen molar-refractivity contribution in [2.75, 3.05) is 13.7 Å². The van der Waals surface area contributed by atoms with E-state index in [-0.39, 0.29) is 24.3 Å². The molecule has 0 spiro atoms. The molecule has 1 saturated carbocycles. The summed E-state index contributed by atoms with van der Waals surface area (Å²) in [5.74, 6) is -1.78. The molecule has 1 aromatic rings. The molecule has 2 unspecified atom stereocenters. The molecule has 0 radical (unpaired) electrons. The second kappa shape index (κ2) is 5.20. The van der Waals surface area contributed by atoms with Crippen LogP contribution in [0.4, 0.5) is 8.78 Å². The zero-order chi connectivity index (χ0) is 16.2. The first-order chi connectivity index (χ1) is 11.1. The largest absolute Gasteiger partial charge is 0.493 e. The molecule has 1 aliphatic heterocycles. The molecule has 0 amide bonds. The molecule has 3 nitrogen and oxygen atoms in total. The Morgan fingerprint density at radius 3 is 3.04 bits per heavy atom. The van der Waals surface area contributed by atoms with Gasteiger partial charge in [0.1, 0.15) is 0 Å². The quantitative estimate of drug-likeness (QED) is 0.863. The van der Waals surface area contributed by atoms with E-state index >= 15 is 0 Å². The monoisotopic (exact) mass is 321 g/mol. The van der Waals surface area contributed by atoms with Gasteiger partial charge in [-0.15, -0.1) is 6.58 Å². The molecule has 1 N–H and O–H groups in total. The van der Waals surface area contributed by atoms with E-state index in [9.17, 15) is 8.78 Å². The van der Waals surface area contributed by atoms with E-state index in [2.05, 4.69) is 11.9 Å². The minimum Gasteiger partial charge on any atom is -0.493 e. The first kappa shape index (κ1) is 14.9. The number of ether oxygens (including phenoxy) is 2. The Labute approximate surface area is 134 Å². The Balaban J connectivity index is 1.81. The van der Waals surface area contributed by atoms with Crippen LogP contribution in [0.5, 0.6) is 11.5 Å². The number of benzene rings is 1. The maximum absolute atomic E-state index is 14.5. The summed E-state index contributed by atoms with van der Waals surface area (Å²) in [5, 5.41) is 3.46. The molecule has 0 bridgehead atoms. The minimum atomic E-state index is -2.79. The van der Waals surface area contributed by atoms with Crippen molar-refractivity contribution >= 4 is 0 Å². The standard InChI is InChI=1S/C18H21F2NO2/c1-3-8-21-12-9-10-4-5-13(22-2)16-14(10)15-11(12)6-7-18(19,20)17(15)23-16/h3-5,11-12,15,17,21H,1,6-9H2,2H3/t11?,12-,15?,17-/m0/s1. The average molecular weight is 321 g/mol. The third-order valence-corrected chi connectivity index (χ3v) is 5.54. The predicted molar refractivity (Wildman–Crippen MR) is 83.5 cm³/mol. The molecule has 4 rings (SSSR count). The summed E-state index contributed by atoms with van der Waals surface area (Å²) in [5.41, 5.74) is 2.05. The van der Waals surface area contributed by atoms with Gasteiger partial charge in [-0.05, 0) is 30.4 Å². The van der Waals surface area contributed by atoms with Crippen LogP contribution in [-0.4, -0.2) is 31.7 Å². The Hall–Kier alpha value is -1.62. The Kier molecular flexibility index (Phi) is 3.38. The van der Waals surface area contributed by atoms with Crippen molar-refractivity contribution in [3.63, 3.8) is 0 Å². The van der Waals surface area contributed by atoms with Gasteiger partial charge in [0.2, 0.25) is 0 Å². The molecule has 5 heteroatoms. The van der Waals surface area contributed by atoms with Gasteiger partial charge in [-0.2, -0.15) is 0 Å². The molecule has 0 aromatic heterocycles. The van der Waals surface area contributed by atoms with Gasteiger partial charge in [0.05, 0.1) is 7.11 Å². The van der Waals surface area contributed by atoms with Gasteiger partial charge in [0, 0.05) is 30.5 Å². The fraction of sp³-hybridized carbons (Fsp3) is 0.556. The van der Waals surface area contributed by atoms with Gasteiger partial charge < -0.3 is 14.8 Å². The molecular weight excluding hydrogens is 300 g/mol. The Bertz CT molecular complexity index is 646. The van der Waals surface area contributed by atoms with Crippen molar-refractivity contribution in [2.24, 2.45) is 5.92 Å². The van der Waals surface area contributed by atoms with Crippen LogP contribution in [0.3, 0.4) is 0 Å². The van der Waals surface area contributed by atoms with Gasteiger partial charge in [-0.1, -0.05) is 12.1 Å². The van der Waals surface area contributed by atoms with Crippen LogP contribution >= 0.6 is 0 Å². The smallest absolute Gasteiger partial charge is 0.284 e. The number of methoxy groups -OCH3 is 1. The van der Waals surface area contributed by atoms with Gasteiger partial charge in [0.15, 0.2) is 17.6 Å². The normalized spacial score (nSPS) is 32.8. The molecular formula is C18H21F2NO2. The highest BCUT2D eigenvalue weighted by Gasteiger charge is 2.60. The summed E-state index contributed by atoms with van der Waals surface area (Å²) in [6, 6.07) is 4.01. The lowest BCUT2D eigenvalue weighted by Gasteiger charge is -2.44. The number of halogens is 2. The van der Waals surface area contributed by atoms with Crippen molar-refractivity contribution in [1.82, 2.24) is 5.32 Å². The lowest BCUT2D eigenvalue weighted by molar-refractivity contribution is -0.134. The van der Waals surface area contributed by atoms with Crippen LogP contribution in [0.2, 0.25) is 0 Å². The van der Waals surface area contributed by atoms with E-state index in [0.29, 0.717) is 24.5 Å². The summed E-state index contributed by atoms with van der Waals surface area (Å²) in [4.78, 5) is 0. The fourth-order valence-corrected chi connectivity index (χ4v) is 4.56. The third-order valence-electron chi connectivity index (χ3n) is 5.54. The Morgan fingerprint density at radius 1 is 1.48 bits per heavy atom. The van der Waals surface area contributed by atoms with Crippen LogP contribution in [-0.2, 0) is 6.42 Å². The first-order valence-electron chi connectivity index (χ1n) is 8.15. The number of rotatable bonds is 4. The maximum Gasteiger partial charge on any atom is 0.284 e. The second-order valence-electron chi connectivity index (χ2n) is 6.71. The zero-order valence-electron chi connectivity index (χ0n) is 13.1. The van der Waals surface area contributed by atoms with E-state index in [0.717, 1.165) is 17.5 Å². The lowest BCUT2D eigenvalue weighted by Crippen LogP contribution is -2.53. The molecule has 0 saturated heterocycles. The van der Waals surface area contributed by atoms with Crippen LogP contribution < -0.4 is 14.8 Å². The molecule has 1 heterocycles. The molecule has 4 atom stereocenters. The molecule has 3 aliphatic rings. The summed E-state index contributed by atoms with van der Waals surface area (Å²) >= 11 is 0. The van der Waals surface area contributed by atoms with Crippen molar-refractivity contribution < 1.29 is 18.3 Å². The van der Waals surface area contributed by atoms with Crippen molar-refractivity contribution in [3.05, 3.63) is 35.9 Å². The van der Waals surface area contributed by atoms with E-state index in [1.807, 2.05) is 18.2 Å². The molecule has 1 aromatic carbocycles. The maximum atomic E-state index is 14.5. The van der Waals surface area contributed by atoms with Crippen LogP contribution in [0.15, 0.2) is 24.8 Å². The van der Waals surface area contributed by atoms with E-state index in [4.69, 9.17) is 9.47 Å². The Morgan fingerprint density at radius 2 is 2.30 bits per heavy atom. The average Bonchev–Trinajstić information content (AvgIpc) is 2.95. The highest BCUT2D eigenvalue weighted by atomic mass is 19.3. The molecule has 1 fully saturated rings. The van der Waals surface area contributed by atoms with E-state index < -0.39 is 12.0 Å². The minimum absolute atomic E-state index is 0.114. The zero-order valence-corrected chi connectivity index (χ0v) is 13.1. The number of alkyl halides is 2. The van der Waals surface area contributed by atoms with Crippen molar-refractivity contribution in [2.45, 2.75) is 43.2 Å². The van der Waals surface area contributed by atoms with Gasteiger partial charge in [0.25, 0.3) is 5.92 Å². The van der Waals surface area contributed by atoms with Gasteiger partial charge in [-0.3, -0.25) is 0 Å². The van der Waals surface area contributed by atoms with Gasteiger partial charge in [-0.25, -0.2) is 8.78 Å². The summed E-state index contributed by atoms with van der Waals surface area (Å²) < 4.78 is 40.0. The summed E-state index contributed by atoms with van der Waals surface area (Å²) in [6.45, 7) is 4.43. The highest BCUT2D eigenvalue weighted by molar-refractivity contribution is 5.58. The van der Waals surface area contributed by atoms with Crippen molar-refractivity contribution in [3.8, 4) is 11.5 Å². The topological polar surface area (TPSA) is 30.5 Å². The predicted octanol–water partition coefficient (Wildman–Crippen LogP) is 3.29.